The zero-order valence-electron chi connectivity index (χ0n) is 13.0. The molecule has 1 saturated heterocycles. The van der Waals surface area contributed by atoms with Crippen molar-refractivity contribution in [3.05, 3.63) is 0 Å². The minimum Gasteiger partial charge on any atom is -0.377 e. The van der Waals surface area contributed by atoms with Crippen molar-refractivity contribution in [2.24, 2.45) is 0 Å². The third kappa shape index (κ3) is 9.67. The highest BCUT2D eigenvalue weighted by atomic mass is 16.5. The number of amides is 2. The highest BCUT2D eigenvalue weighted by Gasteiger charge is 2.04. The van der Waals surface area contributed by atoms with E-state index in [1.165, 1.54) is 0 Å². The average Bonchev–Trinajstić information content (AvgIpc) is 2.54. The van der Waals surface area contributed by atoms with E-state index in [1.54, 1.807) is 9.80 Å². The molecule has 1 aliphatic rings. The molecule has 0 aromatic heterocycles. The van der Waals surface area contributed by atoms with E-state index in [0.29, 0.717) is 79.0 Å². The first-order chi connectivity index (χ1) is 10.9. The second-order valence-corrected chi connectivity index (χ2v) is 4.73. The van der Waals surface area contributed by atoms with Gasteiger partial charge in [-0.2, -0.15) is 0 Å². The van der Waals surface area contributed by atoms with Crippen molar-refractivity contribution in [3.63, 3.8) is 0 Å². The molecular weight excluding hydrogens is 292 g/mol. The summed E-state index contributed by atoms with van der Waals surface area (Å²) >= 11 is 0. The molecule has 0 aromatic carbocycles. The Labute approximate surface area is 131 Å². The van der Waals surface area contributed by atoms with Gasteiger partial charge in [-0.05, 0) is 0 Å². The van der Waals surface area contributed by atoms with Gasteiger partial charge in [0, 0.05) is 26.2 Å². The quantitative estimate of drug-likeness (QED) is 0.607. The summed E-state index contributed by atoms with van der Waals surface area (Å²) in [5, 5.41) is 0. The Balaban J connectivity index is 2.27. The van der Waals surface area contributed by atoms with Crippen molar-refractivity contribution in [1.29, 1.82) is 0 Å². The van der Waals surface area contributed by atoms with Gasteiger partial charge in [-0.25, -0.2) is 0 Å². The standard InChI is InChI=1S/C14H26N2O6/c17-13-15-1-5-19-9-10-21-7-3-16(14-18)4-8-22-12-11-20-6-2-15/h13-14H,1-12H2. The maximum Gasteiger partial charge on any atom is 0.209 e. The smallest absolute Gasteiger partial charge is 0.209 e. The van der Waals surface area contributed by atoms with E-state index < -0.39 is 0 Å². The van der Waals surface area contributed by atoms with Gasteiger partial charge in [-0.3, -0.25) is 9.59 Å². The van der Waals surface area contributed by atoms with Crippen LogP contribution in [0.25, 0.3) is 0 Å². The number of carbonyl (C=O) groups excluding carboxylic acids is 2. The molecule has 8 heteroatoms. The van der Waals surface area contributed by atoms with Gasteiger partial charge >= 0.3 is 0 Å². The fourth-order valence-corrected chi connectivity index (χ4v) is 1.81. The van der Waals surface area contributed by atoms with Gasteiger partial charge < -0.3 is 28.7 Å². The molecule has 2 amide bonds. The monoisotopic (exact) mass is 318 g/mol. The highest BCUT2D eigenvalue weighted by molar-refractivity contribution is 5.47. The number of hydrogen-bond acceptors (Lipinski definition) is 6. The summed E-state index contributed by atoms with van der Waals surface area (Å²) in [6.07, 6.45) is 1.60. The second kappa shape index (κ2) is 13.4. The van der Waals surface area contributed by atoms with Crippen molar-refractivity contribution in [2.45, 2.75) is 0 Å². The largest absolute Gasteiger partial charge is 0.377 e. The minimum atomic E-state index is 0.464. The lowest BCUT2D eigenvalue weighted by Gasteiger charge is -2.19. The maximum atomic E-state index is 10.9. The van der Waals surface area contributed by atoms with Gasteiger partial charge in [-0.15, -0.1) is 0 Å². The second-order valence-electron chi connectivity index (χ2n) is 4.73. The van der Waals surface area contributed by atoms with Crippen LogP contribution in [0.4, 0.5) is 0 Å². The van der Waals surface area contributed by atoms with E-state index >= 15 is 0 Å². The first kappa shape index (κ1) is 18.8. The third-order valence-electron chi connectivity index (χ3n) is 3.13. The summed E-state index contributed by atoms with van der Waals surface area (Å²) < 4.78 is 21.6. The van der Waals surface area contributed by atoms with Crippen LogP contribution in [-0.2, 0) is 28.5 Å². The Kier molecular flexibility index (Phi) is 11.5. The lowest BCUT2D eigenvalue weighted by Crippen LogP contribution is -2.32. The lowest BCUT2D eigenvalue weighted by molar-refractivity contribution is -0.121. The number of nitrogens with zero attached hydrogens (tertiary/aromatic N) is 2. The zero-order chi connectivity index (χ0) is 15.9. The molecule has 0 N–H and O–H groups in total. The molecular formula is C14H26N2O6. The number of ether oxygens (including phenoxy) is 4. The van der Waals surface area contributed by atoms with E-state index in [1.807, 2.05) is 0 Å². The van der Waals surface area contributed by atoms with Crippen LogP contribution in [0.3, 0.4) is 0 Å². The average molecular weight is 318 g/mol. The van der Waals surface area contributed by atoms with E-state index in [4.69, 9.17) is 18.9 Å². The first-order valence-electron chi connectivity index (χ1n) is 7.56. The molecule has 0 unspecified atom stereocenters. The summed E-state index contributed by atoms with van der Waals surface area (Å²) in [5.74, 6) is 0. The zero-order valence-corrected chi connectivity index (χ0v) is 13.0. The molecule has 1 heterocycles. The summed E-state index contributed by atoms with van der Waals surface area (Å²) in [6, 6.07) is 0. The molecule has 1 rings (SSSR count). The van der Waals surface area contributed by atoms with Crippen LogP contribution < -0.4 is 0 Å². The molecule has 0 aromatic rings. The SMILES string of the molecule is O=CN1CCOCCOCCN(C=O)CCOCCOCC1. The molecule has 1 aliphatic heterocycles. The molecule has 22 heavy (non-hydrogen) atoms. The Hall–Kier alpha value is -1.22. The van der Waals surface area contributed by atoms with Crippen molar-refractivity contribution >= 4 is 12.8 Å². The molecule has 0 radical (unpaired) electrons. The van der Waals surface area contributed by atoms with E-state index in [9.17, 15) is 9.59 Å². The van der Waals surface area contributed by atoms with Crippen LogP contribution in [0.1, 0.15) is 0 Å². The first-order valence-corrected chi connectivity index (χ1v) is 7.56. The normalized spacial score (nSPS) is 21.6. The van der Waals surface area contributed by atoms with Gasteiger partial charge in [0.05, 0.1) is 52.9 Å². The Morgan fingerprint density at radius 2 is 0.773 bits per heavy atom. The van der Waals surface area contributed by atoms with Crippen molar-refractivity contribution < 1.29 is 28.5 Å². The van der Waals surface area contributed by atoms with Gasteiger partial charge in [0.15, 0.2) is 0 Å². The number of rotatable bonds is 2. The summed E-state index contributed by atoms with van der Waals surface area (Å²) in [6.45, 7) is 5.84. The molecule has 0 spiro atoms. The molecule has 0 atom stereocenters. The molecule has 8 nitrogen and oxygen atoms in total. The summed E-state index contributed by atoms with van der Waals surface area (Å²) in [7, 11) is 0. The summed E-state index contributed by atoms with van der Waals surface area (Å²) in [5.41, 5.74) is 0. The predicted molar refractivity (Wildman–Crippen MR) is 78.6 cm³/mol. The van der Waals surface area contributed by atoms with Crippen LogP contribution in [0, 0.1) is 0 Å². The van der Waals surface area contributed by atoms with Crippen LogP contribution in [0.5, 0.6) is 0 Å². The molecule has 0 bridgehead atoms. The van der Waals surface area contributed by atoms with Crippen molar-refractivity contribution in [1.82, 2.24) is 9.80 Å². The van der Waals surface area contributed by atoms with Crippen LogP contribution >= 0.6 is 0 Å². The van der Waals surface area contributed by atoms with Crippen LogP contribution in [0.15, 0.2) is 0 Å². The Bertz CT molecular complexity index is 245. The van der Waals surface area contributed by atoms with Crippen LogP contribution in [0.2, 0.25) is 0 Å². The lowest BCUT2D eigenvalue weighted by atomic mass is 10.5. The Morgan fingerprint density at radius 3 is 1.00 bits per heavy atom. The fourth-order valence-electron chi connectivity index (χ4n) is 1.81. The molecule has 128 valence electrons. The fraction of sp³-hybridized carbons (Fsp3) is 0.857. The van der Waals surface area contributed by atoms with Crippen LogP contribution in [-0.4, -0.2) is 102 Å². The van der Waals surface area contributed by atoms with E-state index in [0.717, 1.165) is 12.8 Å². The predicted octanol–water partition coefficient (Wildman–Crippen LogP) is -1.02. The Morgan fingerprint density at radius 1 is 0.500 bits per heavy atom. The molecule has 0 saturated carbocycles. The van der Waals surface area contributed by atoms with Crippen molar-refractivity contribution in [2.75, 3.05) is 79.0 Å². The third-order valence-corrected chi connectivity index (χ3v) is 3.13. The topological polar surface area (TPSA) is 77.5 Å². The number of hydrogen-bond donors (Lipinski definition) is 0. The molecule has 0 aliphatic carbocycles. The number of carbonyl (C=O) groups is 2. The minimum absolute atomic E-state index is 0.464. The summed E-state index contributed by atoms with van der Waals surface area (Å²) in [4.78, 5) is 25.0. The van der Waals surface area contributed by atoms with Gasteiger partial charge in [0.25, 0.3) is 0 Å². The van der Waals surface area contributed by atoms with Crippen molar-refractivity contribution in [3.8, 4) is 0 Å². The highest BCUT2D eigenvalue weighted by Crippen LogP contribution is 1.90. The molecule has 1 fully saturated rings. The van der Waals surface area contributed by atoms with Gasteiger partial charge in [0.2, 0.25) is 12.8 Å². The van der Waals surface area contributed by atoms with E-state index in [-0.39, 0.29) is 0 Å². The van der Waals surface area contributed by atoms with Gasteiger partial charge in [-0.1, -0.05) is 0 Å². The van der Waals surface area contributed by atoms with Gasteiger partial charge in [0.1, 0.15) is 0 Å². The van der Waals surface area contributed by atoms with E-state index in [2.05, 4.69) is 0 Å². The maximum absolute atomic E-state index is 10.9.